The maximum atomic E-state index is 14.4. The van der Waals surface area contributed by atoms with Crippen LogP contribution in [0.1, 0.15) is 45.7 Å². The van der Waals surface area contributed by atoms with Crippen molar-refractivity contribution in [3.05, 3.63) is 70.8 Å². The first-order valence-corrected chi connectivity index (χ1v) is 14.4. The molecule has 0 N–H and O–H groups in total. The maximum Gasteiger partial charge on any atom is 0.334 e. The molecule has 2 aliphatic heterocycles. The average molecular weight is 555 g/mol. The van der Waals surface area contributed by atoms with E-state index in [4.69, 9.17) is 4.74 Å². The first-order chi connectivity index (χ1) is 19.6. The number of benzene rings is 2. The molecule has 1 saturated carbocycles. The number of allylic oxidation sites excluding steroid dienone is 1. The predicted octanol–water partition coefficient (Wildman–Crippen LogP) is 4.25. The topological polar surface area (TPSA) is 101 Å². The minimum atomic E-state index is -1.41. The van der Waals surface area contributed by atoms with Crippen LogP contribution >= 0.6 is 0 Å². The number of esters is 1. The number of rotatable bonds is 6. The van der Waals surface area contributed by atoms with Gasteiger partial charge in [0.05, 0.1) is 41.7 Å². The molecule has 8 nitrogen and oxygen atoms in total. The largest absolute Gasteiger partial charge is 0.463 e. The van der Waals surface area contributed by atoms with Crippen LogP contribution in [0.5, 0.6) is 0 Å². The summed E-state index contributed by atoms with van der Waals surface area (Å²) in [5.74, 6) is -6.71. The van der Waals surface area contributed by atoms with Gasteiger partial charge in [0.15, 0.2) is 0 Å². The van der Waals surface area contributed by atoms with Gasteiger partial charge in [0.25, 0.3) is 0 Å². The summed E-state index contributed by atoms with van der Waals surface area (Å²) in [4.78, 5) is 73.4. The van der Waals surface area contributed by atoms with Gasteiger partial charge < -0.3 is 4.74 Å². The highest BCUT2D eigenvalue weighted by atomic mass is 16.5. The second kappa shape index (κ2) is 9.50. The Balaban J connectivity index is 1.56. The molecular formula is C33H34N2O6. The minimum Gasteiger partial charge on any atom is -0.463 e. The fourth-order valence-electron chi connectivity index (χ4n) is 8.34. The van der Waals surface area contributed by atoms with Crippen molar-refractivity contribution in [3.8, 4) is 0 Å². The molecule has 4 atom stereocenters. The molecule has 3 aliphatic carbocycles. The summed E-state index contributed by atoms with van der Waals surface area (Å²) >= 11 is 0. The molecule has 5 aliphatic rings. The Bertz CT molecular complexity index is 1460. The number of hydrogen-bond acceptors (Lipinski definition) is 6. The molecule has 212 valence electrons. The molecule has 7 rings (SSSR count). The number of anilines is 2. The lowest BCUT2D eigenvalue weighted by Crippen LogP contribution is -2.61. The van der Waals surface area contributed by atoms with Crippen LogP contribution in [0, 0.1) is 35.0 Å². The molecular weight excluding hydrogens is 520 g/mol. The molecule has 3 fully saturated rings. The van der Waals surface area contributed by atoms with Crippen molar-refractivity contribution >= 4 is 41.0 Å². The van der Waals surface area contributed by atoms with Gasteiger partial charge in [-0.25, -0.2) is 14.6 Å². The first-order valence-electron chi connectivity index (χ1n) is 14.4. The van der Waals surface area contributed by atoms with Crippen LogP contribution in [0.3, 0.4) is 0 Å². The Hall–Kier alpha value is -4.07. The molecule has 0 aromatic heterocycles. The van der Waals surface area contributed by atoms with Gasteiger partial charge in [0, 0.05) is 16.9 Å². The molecule has 2 bridgehead atoms. The van der Waals surface area contributed by atoms with Crippen molar-refractivity contribution in [1.29, 1.82) is 0 Å². The van der Waals surface area contributed by atoms with Gasteiger partial charge in [0.2, 0.25) is 23.6 Å². The van der Waals surface area contributed by atoms with Crippen LogP contribution in [0.25, 0.3) is 0 Å². The zero-order valence-corrected chi connectivity index (χ0v) is 24.0. The Morgan fingerprint density at radius 3 is 1.59 bits per heavy atom. The maximum absolute atomic E-state index is 14.4. The fraction of sp³-hybridized carbons (Fsp3) is 0.424. The first kappa shape index (κ1) is 27.1. The quantitative estimate of drug-likeness (QED) is 0.391. The second-order valence-corrected chi connectivity index (χ2v) is 11.6. The Kier molecular flexibility index (Phi) is 6.28. The number of amides is 4. The van der Waals surface area contributed by atoms with Gasteiger partial charge in [-0.3, -0.25) is 19.2 Å². The molecule has 8 heteroatoms. The molecule has 0 unspecified atom stereocenters. The number of hydrogen-bond donors (Lipinski definition) is 0. The van der Waals surface area contributed by atoms with Crippen molar-refractivity contribution in [2.45, 2.75) is 47.5 Å². The molecule has 2 aromatic carbocycles. The van der Waals surface area contributed by atoms with E-state index in [1.54, 1.807) is 45.0 Å². The summed E-state index contributed by atoms with van der Waals surface area (Å²) in [5.41, 5.74) is 2.12. The lowest BCUT2D eigenvalue weighted by atomic mass is 9.43. The summed E-state index contributed by atoms with van der Waals surface area (Å²) in [7, 11) is 0. The normalized spacial score (nSPS) is 30.3. The molecule has 4 amide bonds. The van der Waals surface area contributed by atoms with Crippen molar-refractivity contribution in [3.63, 3.8) is 0 Å². The van der Waals surface area contributed by atoms with Crippen molar-refractivity contribution in [2.75, 3.05) is 16.4 Å². The van der Waals surface area contributed by atoms with E-state index in [1.807, 2.05) is 38.1 Å². The van der Waals surface area contributed by atoms with Crippen LogP contribution in [-0.4, -0.2) is 36.2 Å². The number of ether oxygens (including phenoxy) is 1. The third-order valence-corrected chi connectivity index (χ3v) is 9.91. The zero-order valence-electron chi connectivity index (χ0n) is 24.0. The van der Waals surface area contributed by atoms with Gasteiger partial charge in [-0.05, 0) is 49.9 Å². The van der Waals surface area contributed by atoms with E-state index in [0.29, 0.717) is 29.8 Å². The van der Waals surface area contributed by atoms with Gasteiger partial charge in [-0.15, -0.1) is 0 Å². The SMILES string of the molecule is CCOC(=O)C1=C(C)C2[C@@H]3C(=O)N(c4ccccc4CC)C(=O)[C@@H]3C1(C)[C@H]1C(=O)N(c3ccccc3CC)C(=O)[C@@H]21. The second-order valence-electron chi connectivity index (χ2n) is 11.6. The van der Waals surface area contributed by atoms with Crippen LogP contribution in [0.4, 0.5) is 11.4 Å². The Morgan fingerprint density at radius 1 is 0.732 bits per heavy atom. The summed E-state index contributed by atoms with van der Waals surface area (Å²) in [5, 5.41) is 0. The van der Waals surface area contributed by atoms with E-state index in [9.17, 15) is 24.0 Å². The summed E-state index contributed by atoms with van der Waals surface area (Å²) < 4.78 is 5.47. The summed E-state index contributed by atoms with van der Waals surface area (Å²) in [6, 6.07) is 14.6. The monoisotopic (exact) mass is 554 g/mol. The van der Waals surface area contributed by atoms with E-state index in [-0.39, 0.29) is 24.0 Å². The molecule has 2 saturated heterocycles. The number of para-hydroxylation sites is 2. The van der Waals surface area contributed by atoms with E-state index in [1.165, 1.54) is 9.80 Å². The van der Waals surface area contributed by atoms with Gasteiger partial charge >= 0.3 is 5.97 Å². The fourth-order valence-corrected chi connectivity index (χ4v) is 8.34. The van der Waals surface area contributed by atoms with Crippen LogP contribution in [-0.2, 0) is 41.6 Å². The molecule has 2 heterocycles. The molecule has 0 radical (unpaired) electrons. The third-order valence-electron chi connectivity index (χ3n) is 9.91. The van der Waals surface area contributed by atoms with Crippen LogP contribution < -0.4 is 9.80 Å². The van der Waals surface area contributed by atoms with Gasteiger partial charge in [-0.2, -0.15) is 0 Å². The lowest BCUT2D eigenvalue weighted by molar-refractivity contribution is -0.155. The van der Waals surface area contributed by atoms with Gasteiger partial charge in [0.1, 0.15) is 0 Å². The van der Waals surface area contributed by atoms with E-state index in [2.05, 4.69) is 0 Å². The van der Waals surface area contributed by atoms with Crippen LogP contribution in [0.15, 0.2) is 59.7 Å². The predicted molar refractivity (Wildman–Crippen MR) is 152 cm³/mol. The number of imide groups is 2. The minimum absolute atomic E-state index is 0.115. The molecule has 2 aromatic rings. The molecule has 41 heavy (non-hydrogen) atoms. The highest BCUT2D eigenvalue weighted by Crippen LogP contribution is 2.69. The molecule has 0 spiro atoms. The van der Waals surface area contributed by atoms with Gasteiger partial charge in [-0.1, -0.05) is 62.7 Å². The third kappa shape index (κ3) is 3.36. The van der Waals surface area contributed by atoms with Crippen molar-refractivity contribution < 1.29 is 28.7 Å². The zero-order chi connectivity index (χ0) is 29.4. The van der Waals surface area contributed by atoms with Crippen molar-refractivity contribution in [1.82, 2.24) is 0 Å². The smallest absolute Gasteiger partial charge is 0.334 e. The number of nitrogens with zero attached hydrogens (tertiary/aromatic N) is 2. The number of aryl methyl sites for hydroxylation is 2. The van der Waals surface area contributed by atoms with E-state index in [0.717, 1.165) is 11.1 Å². The highest BCUT2D eigenvalue weighted by Gasteiger charge is 2.77. The highest BCUT2D eigenvalue weighted by molar-refractivity contribution is 6.28. The summed E-state index contributed by atoms with van der Waals surface area (Å²) in [6.07, 6.45) is 1.23. The Morgan fingerprint density at radius 2 is 1.17 bits per heavy atom. The number of carbonyl (C=O) groups is 5. The van der Waals surface area contributed by atoms with Crippen LogP contribution in [0.2, 0.25) is 0 Å². The lowest BCUT2D eigenvalue weighted by Gasteiger charge is -2.55. The van der Waals surface area contributed by atoms with Crippen molar-refractivity contribution in [2.24, 2.45) is 35.0 Å². The number of carbonyl (C=O) groups excluding carboxylic acids is 5. The Labute approximate surface area is 239 Å². The van der Waals surface area contributed by atoms with E-state index < -0.39 is 52.8 Å². The summed E-state index contributed by atoms with van der Waals surface area (Å²) in [6.45, 7) is 9.19. The standard InChI is InChI=1S/C33H34N2O6/c1-6-18-13-9-11-15-20(18)34-28(36)23-22-17(4)25(32(40)41-8-3)33(5,26(23)30(34)38)27-24(22)29(37)35(31(27)39)21-16-12-10-14-19(21)7-2/h9-16,22-24,26-27H,6-8H2,1-5H3/t22?,23-,24-,26+,27+,33?/m0/s1. The van der Waals surface area contributed by atoms with E-state index >= 15 is 0 Å². The average Bonchev–Trinajstić information content (AvgIpc) is 3.39.